The first-order valence-corrected chi connectivity index (χ1v) is 5.60. The number of methoxy groups -OCH3 is 1. The summed E-state index contributed by atoms with van der Waals surface area (Å²) in [7, 11) is 1.67. The monoisotopic (exact) mass is 228 g/mol. The largest absolute Gasteiger partial charge is 0.497 e. The minimum atomic E-state index is 0.556. The summed E-state index contributed by atoms with van der Waals surface area (Å²) in [6.45, 7) is 2.62. The van der Waals surface area contributed by atoms with Gasteiger partial charge in [0.25, 0.3) is 0 Å². The van der Waals surface area contributed by atoms with Crippen LogP contribution in [0.1, 0.15) is 11.1 Å². The molecule has 0 radical (unpaired) electrons. The van der Waals surface area contributed by atoms with Gasteiger partial charge in [-0.1, -0.05) is 29.8 Å². The fourth-order valence-corrected chi connectivity index (χ4v) is 1.56. The number of hydrogen-bond acceptors (Lipinski definition) is 2. The molecule has 0 amide bonds. The lowest BCUT2D eigenvalue weighted by atomic mass is 10.2. The second-order valence-electron chi connectivity index (χ2n) is 3.95. The summed E-state index contributed by atoms with van der Waals surface area (Å²) in [4.78, 5) is 0. The SMILES string of the molecule is COc1cccc(COc2ccc(C)cc2)c1. The minimum Gasteiger partial charge on any atom is -0.497 e. The van der Waals surface area contributed by atoms with Gasteiger partial charge < -0.3 is 9.47 Å². The van der Waals surface area contributed by atoms with Crippen molar-refractivity contribution in [2.24, 2.45) is 0 Å². The Kier molecular flexibility index (Phi) is 3.66. The molecule has 2 aromatic rings. The summed E-state index contributed by atoms with van der Waals surface area (Å²) in [5.74, 6) is 1.74. The van der Waals surface area contributed by atoms with E-state index >= 15 is 0 Å². The lowest BCUT2D eigenvalue weighted by Gasteiger charge is -2.07. The molecule has 0 saturated carbocycles. The van der Waals surface area contributed by atoms with Crippen LogP contribution in [0.2, 0.25) is 0 Å². The van der Waals surface area contributed by atoms with Gasteiger partial charge in [0.05, 0.1) is 7.11 Å². The smallest absolute Gasteiger partial charge is 0.119 e. The molecule has 2 heteroatoms. The summed E-state index contributed by atoms with van der Waals surface area (Å²) >= 11 is 0. The summed E-state index contributed by atoms with van der Waals surface area (Å²) in [6, 6.07) is 15.9. The maximum absolute atomic E-state index is 5.69. The molecule has 0 aromatic heterocycles. The average Bonchev–Trinajstić information content (AvgIpc) is 2.38. The first-order chi connectivity index (χ1) is 8.28. The van der Waals surface area contributed by atoms with Crippen molar-refractivity contribution in [3.05, 3.63) is 59.7 Å². The van der Waals surface area contributed by atoms with Crippen LogP contribution < -0.4 is 9.47 Å². The molecule has 0 fully saturated rings. The molecule has 0 aliphatic carbocycles. The average molecular weight is 228 g/mol. The standard InChI is InChI=1S/C15H16O2/c1-12-6-8-14(9-7-12)17-11-13-4-3-5-15(10-13)16-2/h3-10H,11H2,1-2H3. The second kappa shape index (κ2) is 5.39. The van der Waals surface area contributed by atoms with Crippen LogP contribution in [0.4, 0.5) is 0 Å². The Morgan fingerprint density at radius 3 is 2.41 bits per heavy atom. The minimum absolute atomic E-state index is 0.556. The maximum Gasteiger partial charge on any atom is 0.119 e. The van der Waals surface area contributed by atoms with Crippen molar-refractivity contribution in [1.29, 1.82) is 0 Å². The lowest BCUT2D eigenvalue weighted by Crippen LogP contribution is -1.95. The van der Waals surface area contributed by atoms with Crippen molar-refractivity contribution in [3.8, 4) is 11.5 Å². The normalized spacial score (nSPS) is 10.0. The van der Waals surface area contributed by atoms with Gasteiger partial charge in [-0.25, -0.2) is 0 Å². The van der Waals surface area contributed by atoms with E-state index < -0.39 is 0 Å². The topological polar surface area (TPSA) is 18.5 Å². The molecule has 2 aromatic carbocycles. The van der Waals surface area contributed by atoms with Crippen molar-refractivity contribution >= 4 is 0 Å². The van der Waals surface area contributed by atoms with E-state index in [0.717, 1.165) is 17.1 Å². The van der Waals surface area contributed by atoms with Crippen molar-refractivity contribution in [2.75, 3.05) is 7.11 Å². The molecule has 2 nitrogen and oxygen atoms in total. The van der Waals surface area contributed by atoms with Crippen LogP contribution in [-0.2, 0) is 6.61 Å². The number of ether oxygens (including phenoxy) is 2. The fraction of sp³-hybridized carbons (Fsp3) is 0.200. The van der Waals surface area contributed by atoms with E-state index in [0.29, 0.717) is 6.61 Å². The molecule has 17 heavy (non-hydrogen) atoms. The molecule has 2 rings (SSSR count). The second-order valence-corrected chi connectivity index (χ2v) is 3.95. The molecule has 0 bridgehead atoms. The van der Waals surface area contributed by atoms with Crippen LogP contribution in [0, 0.1) is 6.92 Å². The summed E-state index contributed by atoms with van der Waals surface area (Å²) in [6.07, 6.45) is 0. The Labute approximate surface area is 102 Å². The van der Waals surface area contributed by atoms with Crippen LogP contribution in [-0.4, -0.2) is 7.11 Å². The first kappa shape index (κ1) is 11.5. The molecule has 0 heterocycles. The summed E-state index contributed by atoms with van der Waals surface area (Å²) in [5, 5.41) is 0. The molecular formula is C15H16O2. The third-order valence-electron chi connectivity index (χ3n) is 2.56. The van der Waals surface area contributed by atoms with Gasteiger partial charge in [-0.2, -0.15) is 0 Å². The molecule has 0 unspecified atom stereocenters. The van der Waals surface area contributed by atoms with Gasteiger partial charge in [0.15, 0.2) is 0 Å². The zero-order chi connectivity index (χ0) is 12.1. The molecule has 88 valence electrons. The van der Waals surface area contributed by atoms with E-state index in [-0.39, 0.29) is 0 Å². The van der Waals surface area contributed by atoms with E-state index in [2.05, 4.69) is 6.92 Å². The van der Waals surface area contributed by atoms with E-state index in [1.54, 1.807) is 7.11 Å². The highest BCUT2D eigenvalue weighted by Gasteiger charge is 1.97. The molecule has 0 aliphatic rings. The fourth-order valence-electron chi connectivity index (χ4n) is 1.56. The molecule has 0 saturated heterocycles. The quantitative estimate of drug-likeness (QED) is 0.796. The highest BCUT2D eigenvalue weighted by Crippen LogP contribution is 2.16. The van der Waals surface area contributed by atoms with Crippen LogP contribution in [0.3, 0.4) is 0 Å². The van der Waals surface area contributed by atoms with E-state index in [4.69, 9.17) is 9.47 Å². The third-order valence-corrected chi connectivity index (χ3v) is 2.56. The predicted octanol–water partition coefficient (Wildman–Crippen LogP) is 3.58. The Bertz CT molecular complexity index is 475. The number of rotatable bonds is 4. The Hall–Kier alpha value is -1.96. The van der Waals surface area contributed by atoms with E-state index in [9.17, 15) is 0 Å². The molecular weight excluding hydrogens is 212 g/mol. The molecule has 0 aliphatic heterocycles. The molecule has 0 atom stereocenters. The van der Waals surface area contributed by atoms with Crippen LogP contribution >= 0.6 is 0 Å². The summed E-state index contributed by atoms with van der Waals surface area (Å²) < 4.78 is 10.9. The van der Waals surface area contributed by atoms with E-state index in [1.807, 2.05) is 48.5 Å². The number of aryl methyl sites for hydroxylation is 1. The van der Waals surface area contributed by atoms with Gasteiger partial charge in [0, 0.05) is 0 Å². The van der Waals surface area contributed by atoms with Crippen molar-refractivity contribution in [1.82, 2.24) is 0 Å². The number of hydrogen-bond donors (Lipinski definition) is 0. The number of benzene rings is 2. The van der Waals surface area contributed by atoms with Gasteiger partial charge in [0.2, 0.25) is 0 Å². The van der Waals surface area contributed by atoms with Crippen molar-refractivity contribution < 1.29 is 9.47 Å². The van der Waals surface area contributed by atoms with Gasteiger partial charge >= 0.3 is 0 Å². The van der Waals surface area contributed by atoms with Crippen molar-refractivity contribution in [2.45, 2.75) is 13.5 Å². The predicted molar refractivity (Wildman–Crippen MR) is 68.5 cm³/mol. The zero-order valence-corrected chi connectivity index (χ0v) is 10.1. The van der Waals surface area contributed by atoms with Crippen molar-refractivity contribution in [3.63, 3.8) is 0 Å². The highest BCUT2D eigenvalue weighted by molar-refractivity contribution is 5.29. The van der Waals surface area contributed by atoms with Crippen LogP contribution in [0.5, 0.6) is 11.5 Å². The van der Waals surface area contributed by atoms with Gasteiger partial charge in [-0.15, -0.1) is 0 Å². The lowest BCUT2D eigenvalue weighted by molar-refractivity contribution is 0.305. The highest BCUT2D eigenvalue weighted by atomic mass is 16.5. The maximum atomic E-state index is 5.69. The molecule has 0 spiro atoms. The van der Waals surface area contributed by atoms with E-state index in [1.165, 1.54) is 5.56 Å². The third kappa shape index (κ3) is 3.25. The van der Waals surface area contributed by atoms with Crippen LogP contribution in [0.25, 0.3) is 0 Å². The van der Waals surface area contributed by atoms with Crippen LogP contribution in [0.15, 0.2) is 48.5 Å². The summed E-state index contributed by atoms with van der Waals surface area (Å²) in [5.41, 5.74) is 2.34. The molecule has 0 N–H and O–H groups in total. The van der Waals surface area contributed by atoms with Gasteiger partial charge in [0.1, 0.15) is 18.1 Å². The first-order valence-electron chi connectivity index (χ1n) is 5.60. The van der Waals surface area contributed by atoms with Gasteiger partial charge in [-0.05, 0) is 36.8 Å². The van der Waals surface area contributed by atoms with Gasteiger partial charge in [-0.3, -0.25) is 0 Å². The zero-order valence-electron chi connectivity index (χ0n) is 10.1. The Morgan fingerprint density at radius 1 is 0.941 bits per heavy atom. The Morgan fingerprint density at radius 2 is 1.71 bits per heavy atom. The Balaban J connectivity index is 1.99.